The molecule has 0 bridgehead atoms. The maximum Gasteiger partial charge on any atom is 0.319 e. The number of carbonyl (C=O) groups is 3. The second kappa shape index (κ2) is 6.17. The van der Waals surface area contributed by atoms with E-state index in [9.17, 15) is 14.4 Å². The van der Waals surface area contributed by atoms with E-state index in [-0.39, 0.29) is 29.9 Å². The maximum atomic E-state index is 12.3. The molecule has 0 saturated heterocycles. The highest BCUT2D eigenvalue weighted by Gasteiger charge is 2.37. The van der Waals surface area contributed by atoms with Crippen molar-refractivity contribution in [2.45, 2.75) is 46.2 Å². The molecule has 2 rings (SSSR count). The van der Waals surface area contributed by atoms with Gasteiger partial charge < -0.3 is 10.6 Å². The number of benzene rings is 1. The van der Waals surface area contributed by atoms with Crippen LogP contribution >= 0.6 is 0 Å². The summed E-state index contributed by atoms with van der Waals surface area (Å²) in [4.78, 5) is 37.5. The lowest BCUT2D eigenvalue weighted by molar-refractivity contribution is 0.0609. The highest BCUT2D eigenvalue weighted by Crippen LogP contribution is 2.27. The van der Waals surface area contributed by atoms with E-state index in [2.05, 4.69) is 10.6 Å². The monoisotopic (exact) mass is 303 g/mol. The summed E-state index contributed by atoms with van der Waals surface area (Å²) in [5, 5.41) is 5.46. The summed E-state index contributed by atoms with van der Waals surface area (Å²) < 4.78 is 0. The molecule has 118 valence electrons. The van der Waals surface area contributed by atoms with Gasteiger partial charge in [0, 0.05) is 17.8 Å². The lowest BCUT2D eigenvalue weighted by Crippen LogP contribution is -2.36. The summed E-state index contributed by atoms with van der Waals surface area (Å²) in [6, 6.07) is 4.30. The van der Waals surface area contributed by atoms with Crippen molar-refractivity contribution in [2.24, 2.45) is 0 Å². The molecule has 1 unspecified atom stereocenters. The molecule has 0 fully saturated rings. The Labute approximate surface area is 129 Å². The van der Waals surface area contributed by atoms with Gasteiger partial charge in [0.05, 0.1) is 11.1 Å². The normalized spacial score (nSPS) is 15.0. The largest absolute Gasteiger partial charge is 0.335 e. The van der Waals surface area contributed by atoms with E-state index in [1.807, 2.05) is 13.8 Å². The van der Waals surface area contributed by atoms with Crippen molar-refractivity contribution in [2.75, 3.05) is 5.32 Å². The van der Waals surface area contributed by atoms with Gasteiger partial charge >= 0.3 is 6.03 Å². The van der Waals surface area contributed by atoms with Crippen LogP contribution in [0.5, 0.6) is 0 Å². The first-order valence-corrected chi connectivity index (χ1v) is 7.44. The lowest BCUT2D eigenvalue weighted by Gasteiger charge is -2.17. The number of hydrogen-bond donors (Lipinski definition) is 2. The summed E-state index contributed by atoms with van der Waals surface area (Å²) >= 11 is 0. The number of fused-ring (bicyclic) bond motifs is 1. The minimum atomic E-state index is -0.327. The Bertz CT molecular complexity index is 625. The molecule has 1 heterocycles. The zero-order chi connectivity index (χ0) is 16.4. The molecule has 1 aromatic rings. The third kappa shape index (κ3) is 2.95. The number of imide groups is 1. The van der Waals surface area contributed by atoms with Gasteiger partial charge in [-0.15, -0.1) is 0 Å². The van der Waals surface area contributed by atoms with Crippen LogP contribution < -0.4 is 10.6 Å². The van der Waals surface area contributed by atoms with Crippen molar-refractivity contribution in [1.29, 1.82) is 0 Å². The molecule has 1 aliphatic rings. The number of urea groups is 1. The van der Waals surface area contributed by atoms with Crippen molar-refractivity contribution >= 4 is 23.5 Å². The first kappa shape index (κ1) is 16.0. The minimum Gasteiger partial charge on any atom is -0.335 e. The standard InChI is InChI=1S/C16H21N3O3/c1-5-10(4)17-16(22)18-11-6-7-12-13(8-11)15(21)19(9(2)3)14(12)20/h6-10H,5H2,1-4H3,(H2,17,18,22). The summed E-state index contributed by atoms with van der Waals surface area (Å²) in [5.74, 6) is -0.605. The number of hydrogen-bond acceptors (Lipinski definition) is 3. The van der Waals surface area contributed by atoms with E-state index in [1.54, 1.807) is 32.0 Å². The van der Waals surface area contributed by atoms with Crippen LogP contribution in [0, 0.1) is 0 Å². The lowest BCUT2D eigenvalue weighted by atomic mass is 10.1. The fourth-order valence-corrected chi connectivity index (χ4v) is 2.30. The molecule has 1 aromatic carbocycles. The van der Waals surface area contributed by atoms with Crippen LogP contribution in [0.2, 0.25) is 0 Å². The molecule has 0 radical (unpaired) electrons. The van der Waals surface area contributed by atoms with Gasteiger partial charge in [0.2, 0.25) is 0 Å². The van der Waals surface area contributed by atoms with Gasteiger partial charge in [-0.1, -0.05) is 6.92 Å². The molecule has 0 spiro atoms. The Morgan fingerprint density at radius 2 is 1.77 bits per heavy atom. The number of nitrogens with zero attached hydrogens (tertiary/aromatic N) is 1. The Morgan fingerprint density at radius 1 is 1.14 bits per heavy atom. The number of anilines is 1. The highest BCUT2D eigenvalue weighted by molar-refractivity contribution is 6.22. The van der Waals surface area contributed by atoms with Crippen LogP contribution in [0.4, 0.5) is 10.5 Å². The zero-order valence-electron chi connectivity index (χ0n) is 13.3. The van der Waals surface area contributed by atoms with Crippen LogP contribution in [-0.2, 0) is 0 Å². The fraction of sp³-hybridized carbons (Fsp3) is 0.438. The van der Waals surface area contributed by atoms with Crippen LogP contribution in [0.1, 0.15) is 54.8 Å². The number of nitrogens with one attached hydrogen (secondary N) is 2. The van der Waals surface area contributed by atoms with E-state index in [0.717, 1.165) is 6.42 Å². The first-order valence-electron chi connectivity index (χ1n) is 7.44. The summed E-state index contributed by atoms with van der Waals surface area (Å²) in [7, 11) is 0. The van der Waals surface area contributed by atoms with Gasteiger partial charge in [0.15, 0.2) is 0 Å². The van der Waals surface area contributed by atoms with E-state index < -0.39 is 0 Å². The molecule has 0 aliphatic carbocycles. The van der Waals surface area contributed by atoms with Gasteiger partial charge in [0.1, 0.15) is 0 Å². The zero-order valence-corrected chi connectivity index (χ0v) is 13.3. The smallest absolute Gasteiger partial charge is 0.319 e. The second-order valence-corrected chi connectivity index (χ2v) is 5.74. The van der Waals surface area contributed by atoms with Crippen molar-refractivity contribution < 1.29 is 14.4 Å². The summed E-state index contributed by atoms with van der Waals surface area (Å²) in [5.41, 5.74) is 1.21. The molecule has 0 saturated carbocycles. The number of rotatable bonds is 4. The van der Waals surface area contributed by atoms with Crippen molar-refractivity contribution in [1.82, 2.24) is 10.2 Å². The van der Waals surface area contributed by atoms with Crippen molar-refractivity contribution in [3.63, 3.8) is 0 Å². The molecule has 6 heteroatoms. The Kier molecular flexibility index (Phi) is 4.49. The predicted octanol–water partition coefficient (Wildman–Crippen LogP) is 2.61. The average molecular weight is 303 g/mol. The summed E-state index contributed by atoms with van der Waals surface area (Å²) in [6.07, 6.45) is 0.827. The van der Waals surface area contributed by atoms with E-state index in [1.165, 1.54) is 4.90 Å². The van der Waals surface area contributed by atoms with E-state index in [4.69, 9.17) is 0 Å². The topological polar surface area (TPSA) is 78.5 Å². The molecule has 6 nitrogen and oxygen atoms in total. The molecule has 22 heavy (non-hydrogen) atoms. The molecule has 2 N–H and O–H groups in total. The average Bonchev–Trinajstić information content (AvgIpc) is 2.70. The van der Waals surface area contributed by atoms with Gasteiger partial charge in [-0.05, 0) is 45.4 Å². The minimum absolute atomic E-state index is 0.0640. The Morgan fingerprint density at radius 3 is 2.36 bits per heavy atom. The third-order valence-corrected chi connectivity index (χ3v) is 3.68. The predicted molar refractivity (Wildman–Crippen MR) is 84.0 cm³/mol. The third-order valence-electron chi connectivity index (χ3n) is 3.68. The molecule has 4 amide bonds. The van der Waals surface area contributed by atoms with E-state index >= 15 is 0 Å². The van der Waals surface area contributed by atoms with Gasteiger partial charge in [-0.3, -0.25) is 14.5 Å². The molecular formula is C16H21N3O3. The van der Waals surface area contributed by atoms with Crippen LogP contribution in [0.15, 0.2) is 18.2 Å². The van der Waals surface area contributed by atoms with Crippen LogP contribution in [0.25, 0.3) is 0 Å². The molecule has 0 aromatic heterocycles. The maximum absolute atomic E-state index is 12.3. The molecular weight excluding hydrogens is 282 g/mol. The molecule has 1 aliphatic heterocycles. The van der Waals surface area contributed by atoms with Gasteiger partial charge in [-0.2, -0.15) is 0 Å². The van der Waals surface area contributed by atoms with Gasteiger partial charge in [-0.25, -0.2) is 4.79 Å². The molecule has 1 atom stereocenters. The number of carbonyl (C=O) groups excluding carboxylic acids is 3. The summed E-state index contributed by atoms with van der Waals surface area (Å²) in [6.45, 7) is 7.47. The van der Waals surface area contributed by atoms with Crippen LogP contribution in [0.3, 0.4) is 0 Å². The van der Waals surface area contributed by atoms with Crippen LogP contribution in [-0.4, -0.2) is 34.8 Å². The SMILES string of the molecule is CCC(C)NC(=O)Nc1ccc2c(c1)C(=O)N(C(C)C)C2=O. The quantitative estimate of drug-likeness (QED) is 0.839. The Hall–Kier alpha value is -2.37. The second-order valence-electron chi connectivity index (χ2n) is 5.74. The van der Waals surface area contributed by atoms with Gasteiger partial charge in [0.25, 0.3) is 11.8 Å². The fourth-order valence-electron chi connectivity index (χ4n) is 2.30. The van der Waals surface area contributed by atoms with E-state index in [0.29, 0.717) is 16.8 Å². The van der Waals surface area contributed by atoms with Crippen molar-refractivity contribution in [3.8, 4) is 0 Å². The Balaban J connectivity index is 2.19. The number of amides is 4. The van der Waals surface area contributed by atoms with Crippen molar-refractivity contribution in [3.05, 3.63) is 29.3 Å². The highest BCUT2D eigenvalue weighted by atomic mass is 16.2. The first-order chi connectivity index (χ1) is 10.3.